The van der Waals surface area contributed by atoms with E-state index in [-0.39, 0.29) is 5.91 Å². The molecule has 80 valence electrons. The van der Waals surface area contributed by atoms with Crippen LogP contribution in [-0.4, -0.2) is 10.8 Å². The molecule has 1 aliphatic carbocycles. The van der Waals surface area contributed by atoms with Gasteiger partial charge in [0.2, 0.25) is 5.91 Å². The molecular formula is C12H15NOS. The molecule has 0 aliphatic heterocycles. The number of carbonyl (C=O) groups excluding carboxylic acids is 1. The second kappa shape index (κ2) is 4.62. The zero-order valence-electron chi connectivity index (χ0n) is 8.90. The second-order valence-corrected chi connectivity index (χ2v) is 4.80. The van der Waals surface area contributed by atoms with Gasteiger partial charge < -0.3 is 4.90 Å². The monoisotopic (exact) mass is 221 g/mol. The summed E-state index contributed by atoms with van der Waals surface area (Å²) in [5.41, 5.74) is 1.20. The molecule has 0 bridgehead atoms. The minimum atomic E-state index is 0.150. The van der Waals surface area contributed by atoms with Crippen LogP contribution in [0.3, 0.4) is 0 Å². The summed E-state index contributed by atoms with van der Waals surface area (Å²) in [6, 6.07) is 4.11. The normalized spacial score (nSPS) is 15.1. The molecule has 2 rings (SSSR count). The number of allylic oxidation sites excluding steroid dienone is 2. The van der Waals surface area contributed by atoms with Gasteiger partial charge in [0.1, 0.15) is 0 Å². The maximum absolute atomic E-state index is 11.5. The van der Waals surface area contributed by atoms with Crippen LogP contribution in [0, 0.1) is 0 Å². The number of hydrogen-bond acceptors (Lipinski definition) is 2. The van der Waals surface area contributed by atoms with Crippen molar-refractivity contribution in [2.75, 3.05) is 0 Å². The highest BCUT2D eigenvalue weighted by molar-refractivity contribution is 7.09. The number of hydrogen-bond donors (Lipinski definition) is 0. The number of amides is 1. The lowest BCUT2D eigenvalue weighted by molar-refractivity contribution is -0.127. The highest BCUT2D eigenvalue weighted by Gasteiger charge is 2.17. The van der Waals surface area contributed by atoms with Crippen molar-refractivity contribution in [2.45, 2.75) is 32.7 Å². The van der Waals surface area contributed by atoms with Gasteiger partial charge in [-0.05, 0) is 30.7 Å². The van der Waals surface area contributed by atoms with E-state index < -0.39 is 0 Å². The number of rotatable bonds is 3. The Kier molecular flexibility index (Phi) is 3.21. The molecule has 0 atom stereocenters. The van der Waals surface area contributed by atoms with Gasteiger partial charge in [-0.2, -0.15) is 0 Å². The van der Waals surface area contributed by atoms with E-state index in [0.29, 0.717) is 0 Å². The van der Waals surface area contributed by atoms with Gasteiger partial charge in [-0.25, -0.2) is 0 Å². The molecule has 0 spiro atoms. The minimum absolute atomic E-state index is 0.150. The zero-order valence-corrected chi connectivity index (χ0v) is 9.72. The van der Waals surface area contributed by atoms with Gasteiger partial charge >= 0.3 is 0 Å². The molecule has 3 heteroatoms. The summed E-state index contributed by atoms with van der Waals surface area (Å²) in [5.74, 6) is 0.150. The Morgan fingerprint density at radius 3 is 3.00 bits per heavy atom. The van der Waals surface area contributed by atoms with Crippen molar-refractivity contribution >= 4 is 17.2 Å². The van der Waals surface area contributed by atoms with Gasteiger partial charge in [-0.1, -0.05) is 12.1 Å². The standard InChI is InChI=1S/C12H15NOS/c1-10(14)13(11-5-2-3-6-11)9-12-7-4-8-15-12/h4-5,7-8H,2-3,6,9H2,1H3. The molecule has 1 aromatic rings. The lowest BCUT2D eigenvalue weighted by Gasteiger charge is -2.21. The van der Waals surface area contributed by atoms with Crippen LogP contribution in [0.25, 0.3) is 0 Å². The van der Waals surface area contributed by atoms with Crippen molar-refractivity contribution in [3.8, 4) is 0 Å². The van der Waals surface area contributed by atoms with Crippen LogP contribution in [0.2, 0.25) is 0 Å². The Bertz CT molecular complexity index is 367. The molecule has 1 amide bonds. The van der Waals surface area contributed by atoms with Gasteiger partial charge in [0.05, 0.1) is 6.54 Å². The Morgan fingerprint density at radius 2 is 2.47 bits per heavy atom. The van der Waals surface area contributed by atoms with Crippen LogP contribution in [0.4, 0.5) is 0 Å². The predicted octanol–water partition coefficient (Wildman–Crippen LogP) is 3.16. The molecule has 1 heterocycles. The molecule has 0 fully saturated rings. The quantitative estimate of drug-likeness (QED) is 0.767. The molecule has 15 heavy (non-hydrogen) atoms. The van der Waals surface area contributed by atoms with E-state index in [4.69, 9.17) is 0 Å². The fourth-order valence-electron chi connectivity index (χ4n) is 1.87. The van der Waals surface area contributed by atoms with Gasteiger partial charge in [0, 0.05) is 17.5 Å². The third-order valence-corrected chi connectivity index (χ3v) is 3.50. The van der Waals surface area contributed by atoms with Crippen LogP contribution in [0.5, 0.6) is 0 Å². The topological polar surface area (TPSA) is 20.3 Å². The highest BCUT2D eigenvalue weighted by Crippen LogP contribution is 2.24. The molecule has 0 radical (unpaired) electrons. The first-order valence-electron chi connectivity index (χ1n) is 5.27. The number of thiophene rings is 1. The number of nitrogens with zero attached hydrogens (tertiary/aromatic N) is 1. The van der Waals surface area contributed by atoms with Gasteiger partial charge in [-0.3, -0.25) is 4.79 Å². The Labute approximate surface area is 94.2 Å². The van der Waals surface area contributed by atoms with Crippen molar-refractivity contribution in [1.82, 2.24) is 4.90 Å². The average molecular weight is 221 g/mol. The Balaban J connectivity index is 2.10. The smallest absolute Gasteiger partial charge is 0.223 e. The summed E-state index contributed by atoms with van der Waals surface area (Å²) in [7, 11) is 0. The lowest BCUT2D eigenvalue weighted by Crippen LogP contribution is -2.26. The van der Waals surface area contributed by atoms with E-state index in [2.05, 4.69) is 17.5 Å². The summed E-state index contributed by atoms with van der Waals surface area (Å²) in [6.45, 7) is 2.38. The van der Waals surface area contributed by atoms with Crippen molar-refractivity contribution in [3.05, 3.63) is 34.2 Å². The zero-order chi connectivity index (χ0) is 10.7. The average Bonchev–Trinajstić information content (AvgIpc) is 2.87. The van der Waals surface area contributed by atoms with E-state index in [0.717, 1.165) is 19.4 Å². The Hall–Kier alpha value is -1.09. The van der Waals surface area contributed by atoms with Crippen LogP contribution in [0.15, 0.2) is 29.3 Å². The SMILES string of the molecule is CC(=O)N(Cc1cccs1)C1=CCCC1. The molecular weight excluding hydrogens is 206 g/mol. The van der Waals surface area contributed by atoms with E-state index in [1.807, 2.05) is 11.0 Å². The summed E-state index contributed by atoms with van der Waals surface area (Å²) in [6.07, 6.45) is 5.53. The number of carbonyl (C=O) groups is 1. The minimum Gasteiger partial charge on any atom is -0.312 e. The van der Waals surface area contributed by atoms with Gasteiger partial charge in [0.25, 0.3) is 0 Å². The third-order valence-electron chi connectivity index (χ3n) is 2.64. The van der Waals surface area contributed by atoms with Crippen molar-refractivity contribution in [1.29, 1.82) is 0 Å². The summed E-state index contributed by atoms with van der Waals surface area (Å²) >= 11 is 1.71. The molecule has 0 saturated heterocycles. The summed E-state index contributed by atoms with van der Waals surface area (Å²) in [4.78, 5) is 14.7. The molecule has 0 N–H and O–H groups in total. The largest absolute Gasteiger partial charge is 0.312 e. The molecule has 1 aliphatic rings. The first-order valence-corrected chi connectivity index (χ1v) is 6.15. The molecule has 0 saturated carbocycles. The molecule has 2 nitrogen and oxygen atoms in total. The van der Waals surface area contributed by atoms with Crippen molar-refractivity contribution in [3.63, 3.8) is 0 Å². The van der Waals surface area contributed by atoms with Crippen molar-refractivity contribution < 1.29 is 4.79 Å². The van der Waals surface area contributed by atoms with Gasteiger partial charge in [-0.15, -0.1) is 11.3 Å². The first-order chi connectivity index (χ1) is 7.27. The van der Waals surface area contributed by atoms with E-state index in [1.165, 1.54) is 17.0 Å². The predicted molar refractivity (Wildman–Crippen MR) is 62.5 cm³/mol. The third kappa shape index (κ3) is 2.48. The van der Waals surface area contributed by atoms with Crippen molar-refractivity contribution in [2.24, 2.45) is 0 Å². The van der Waals surface area contributed by atoms with Crippen LogP contribution in [0.1, 0.15) is 31.1 Å². The molecule has 1 aromatic heterocycles. The fraction of sp³-hybridized carbons (Fsp3) is 0.417. The molecule has 0 aromatic carbocycles. The lowest BCUT2D eigenvalue weighted by atomic mass is 10.3. The molecule has 0 unspecified atom stereocenters. The van der Waals surface area contributed by atoms with E-state index in [1.54, 1.807) is 18.3 Å². The van der Waals surface area contributed by atoms with E-state index >= 15 is 0 Å². The maximum atomic E-state index is 11.5. The van der Waals surface area contributed by atoms with Crippen LogP contribution >= 0.6 is 11.3 Å². The van der Waals surface area contributed by atoms with Crippen LogP contribution < -0.4 is 0 Å². The maximum Gasteiger partial charge on any atom is 0.223 e. The first kappa shape index (κ1) is 10.4. The highest BCUT2D eigenvalue weighted by atomic mass is 32.1. The Morgan fingerprint density at radius 1 is 1.60 bits per heavy atom. The summed E-state index contributed by atoms with van der Waals surface area (Å²) < 4.78 is 0. The van der Waals surface area contributed by atoms with E-state index in [9.17, 15) is 4.79 Å². The second-order valence-electron chi connectivity index (χ2n) is 3.77. The van der Waals surface area contributed by atoms with Gasteiger partial charge in [0.15, 0.2) is 0 Å². The van der Waals surface area contributed by atoms with Crippen LogP contribution in [-0.2, 0) is 11.3 Å². The summed E-state index contributed by atoms with van der Waals surface area (Å²) in [5, 5.41) is 2.05. The fourth-order valence-corrected chi connectivity index (χ4v) is 2.57.